The second-order valence-corrected chi connectivity index (χ2v) is 6.45. The molecule has 0 fully saturated rings. The minimum Gasteiger partial charge on any atom is -0.496 e. The number of carbonyl (C=O) groups excluding carboxylic acids is 1. The molecule has 1 amide bonds. The summed E-state index contributed by atoms with van der Waals surface area (Å²) >= 11 is 0. The minimum atomic E-state index is -0.0356. The Bertz CT molecular complexity index is 903. The lowest BCUT2D eigenvalue weighted by atomic mass is 10.1. The largest absolute Gasteiger partial charge is 0.496 e. The molecule has 2 aromatic carbocycles. The molecule has 0 bridgehead atoms. The average molecular weight is 363 g/mol. The fraction of sp³-hybridized carbons (Fsp3) is 0.273. The number of rotatable bonds is 7. The summed E-state index contributed by atoms with van der Waals surface area (Å²) in [6, 6.07) is 17.4. The number of para-hydroxylation sites is 2. The Hall–Kier alpha value is -3.08. The van der Waals surface area contributed by atoms with E-state index in [-0.39, 0.29) is 5.91 Å². The summed E-state index contributed by atoms with van der Waals surface area (Å²) in [7, 11) is 3.46. The number of unbranched alkanes of at least 4 members (excludes halogenated alkanes) is 1. The molecule has 0 unspecified atom stereocenters. The van der Waals surface area contributed by atoms with E-state index in [4.69, 9.17) is 9.84 Å². The Morgan fingerprint density at radius 2 is 1.81 bits per heavy atom. The topological polar surface area (TPSA) is 47.4 Å². The van der Waals surface area contributed by atoms with E-state index in [1.54, 1.807) is 16.7 Å². The van der Waals surface area contributed by atoms with Crippen LogP contribution in [-0.2, 0) is 0 Å². The number of amides is 1. The molecule has 5 nitrogen and oxygen atoms in total. The average Bonchev–Trinajstić information content (AvgIpc) is 3.17. The SMILES string of the molecule is CCCCN(C)C(=O)c1cn(-c2ccccc2)nc1-c1ccccc1OC. The zero-order valence-corrected chi connectivity index (χ0v) is 16.1. The Labute approximate surface area is 160 Å². The van der Waals surface area contributed by atoms with Crippen molar-refractivity contribution in [1.29, 1.82) is 0 Å². The number of methoxy groups -OCH3 is 1. The van der Waals surface area contributed by atoms with Crippen molar-refractivity contribution in [2.45, 2.75) is 19.8 Å². The van der Waals surface area contributed by atoms with Gasteiger partial charge in [0, 0.05) is 25.4 Å². The molecule has 5 heteroatoms. The highest BCUT2D eigenvalue weighted by atomic mass is 16.5. The molecule has 0 N–H and O–H groups in total. The van der Waals surface area contributed by atoms with Crippen LogP contribution in [0, 0.1) is 0 Å². The van der Waals surface area contributed by atoms with Crippen LogP contribution < -0.4 is 4.74 Å². The van der Waals surface area contributed by atoms with Crippen LogP contribution in [0.1, 0.15) is 30.1 Å². The second kappa shape index (κ2) is 8.54. The molecule has 0 saturated heterocycles. The van der Waals surface area contributed by atoms with E-state index < -0.39 is 0 Å². The van der Waals surface area contributed by atoms with E-state index in [1.165, 1.54) is 0 Å². The van der Waals surface area contributed by atoms with Gasteiger partial charge in [0.15, 0.2) is 0 Å². The summed E-state index contributed by atoms with van der Waals surface area (Å²) in [6.45, 7) is 2.84. The first-order valence-corrected chi connectivity index (χ1v) is 9.19. The molecule has 1 heterocycles. The van der Waals surface area contributed by atoms with Gasteiger partial charge in [0.2, 0.25) is 0 Å². The zero-order chi connectivity index (χ0) is 19.2. The van der Waals surface area contributed by atoms with Crippen molar-refractivity contribution >= 4 is 5.91 Å². The molecular weight excluding hydrogens is 338 g/mol. The molecule has 0 atom stereocenters. The molecule has 0 spiro atoms. The van der Waals surface area contributed by atoms with Gasteiger partial charge >= 0.3 is 0 Å². The summed E-state index contributed by atoms with van der Waals surface area (Å²) < 4.78 is 7.25. The Morgan fingerprint density at radius 1 is 1.11 bits per heavy atom. The van der Waals surface area contributed by atoms with Gasteiger partial charge in [-0.2, -0.15) is 5.10 Å². The third kappa shape index (κ3) is 4.03. The van der Waals surface area contributed by atoms with Crippen LogP contribution in [0.2, 0.25) is 0 Å². The van der Waals surface area contributed by atoms with E-state index in [0.717, 1.165) is 30.6 Å². The first-order valence-electron chi connectivity index (χ1n) is 9.19. The molecule has 0 aliphatic rings. The van der Waals surface area contributed by atoms with Gasteiger partial charge in [-0.3, -0.25) is 4.79 Å². The maximum atomic E-state index is 13.1. The highest BCUT2D eigenvalue weighted by Crippen LogP contribution is 2.32. The monoisotopic (exact) mass is 363 g/mol. The first kappa shape index (κ1) is 18.7. The van der Waals surface area contributed by atoms with E-state index in [2.05, 4.69) is 6.92 Å². The van der Waals surface area contributed by atoms with Gasteiger partial charge in [0.05, 0.1) is 18.4 Å². The molecule has 0 aliphatic carbocycles. The van der Waals surface area contributed by atoms with Crippen LogP contribution in [0.5, 0.6) is 5.75 Å². The van der Waals surface area contributed by atoms with Crippen molar-refractivity contribution < 1.29 is 9.53 Å². The maximum absolute atomic E-state index is 13.1. The number of carbonyl (C=O) groups is 1. The van der Waals surface area contributed by atoms with E-state index in [9.17, 15) is 4.79 Å². The number of hydrogen-bond donors (Lipinski definition) is 0. The van der Waals surface area contributed by atoms with E-state index in [1.807, 2.05) is 67.8 Å². The standard InChI is InChI=1S/C22H25N3O2/c1-4-5-15-24(2)22(26)19-16-25(17-11-7-6-8-12-17)23-21(19)18-13-9-10-14-20(18)27-3/h6-14,16H,4-5,15H2,1-3H3. The van der Waals surface area contributed by atoms with Crippen LogP contribution in [0.4, 0.5) is 0 Å². The summed E-state index contributed by atoms with van der Waals surface area (Å²) in [4.78, 5) is 14.9. The first-order chi connectivity index (χ1) is 13.2. The van der Waals surface area contributed by atoms with E-state index >= 15 is 0 Å². The molecule has 0 saturated carbocycles. The molecule has 1 aromatic heterocycles. The van der Waals surface area contributed by atoms with E-state index in [0.29, 0.717) is 17.0 Å². The van der Waals surface area contributed by atoms with Gasteiger partial charge in [-0.05, 0) is 30.7 Å². The predicted molar refractivity (Wildman–Crippen MR) is 107 cm³/mol. The summed E-state index contributed by atoms with van der Waals surface area (Å²) in [5.74, 6) is 0.660. The van der Waals surface area contributed by atoms with Crippen molar-refractivity contribution in [3.8, 4) is 22.7 Å². The number of ether oxygens (including phenoxy) is 1. The van der Waals surface area contributed by atoms with Gasteiger partial charge in [-0.1, -0.05) is 43.7 Å². The molecular formula is C22H25N3O2. The van der Waals surface area contributed by atoms with Crippen LogP contribution in [0.25, 0.3) is 16.9 Å². The van der Waals surface area contributed by atoms with Crippen molar-refractivity contribution in [2.75, 3.05) is 20.7 Å². The van der Waals surface area contributed by atoms with Crippen molar-refractivity contribution in [3.63, 3.8) is 0 Å². The molecule has 27 heavy (non-hydrogen) atoms. The zero-order valence-electron chi connectivity index (χ0n) is 16.1. The van der Waals surface area contributed by atoms with Crippen LogP contribution in [-0.4, -0.2) is 41.3 Å². The van der Waals surface area contributed by atoms with Crippen LogP contribution >= 0.6 is 0 Å². The summed E-state index contributed by atoms with van der Waals surface area (Å²) in [6.07, 6.45) is 3.82. The minimum absolute atomic E-state index is 0.0356. The van der Waals surface area contributed by atoms with Crippen molar-refractivity contribution in [3.05, 3.63) is 66.4 Å². The smallest absolute Gasteiger partial charge is 0.257 e. The van der Waals surface area contributed by atoms with Gasteiger partial charge in [-0.25, -0.2) is 4.68 Å². The van der Waals surface area contributed by atoms with Gasteiger partial charge in [0.25, 0.3) is 5.91 Å². The predicted octanol–water partition coefficient (Wildman–Crippen LogP) is 4.42. The van der Waals surface area contributed by atoms with Crippen LogP contribution in [0.3, 0.4) is 0 Å². The third-order valence-electron chi connectivity index (χ3n) is 4.52. The molecule has 0 radical (unpaired) electrons. The Kier molecular flexibility index (Phi) is 5.91. The fourth-order valence-corrected chi connectivity index (χ4v) is 2.99. The quantitative estimate of drug-likeness (QED) is 0.624. The number of benzene rings is 2. The lowest BCUT2D eigenvalue weighted by molar-refractivity contribution is 0.0794. The third-order valence-corrected chi connectivity index (χ3v) is 4.52. The molecule has 140 valence electrons. The highest BCUT2D eigenvalue weighted by Gasteiger charge is 2.23. The Morgan fingerprint density at radius 3 is 2.52 bits per heavy atom. The Balaban J connectivity index is 2.10. The second-order valence-electron chi connectivity index (χ2n) is 6.45. The lowest BCUT2D eigenvalue weighted by Gasteiger charge is -2.16. The number of hydrogen-bond acceptors (Lipinski definition) is 3. The van der Waals surface area contributed by atoms with Crippen LogP contribution in [0.15, 0.2) is 60.8 Å². The fourth-order valence-electron chi connectivity index (χ4n) is 2.99. The molecule has 3 rings (SSSR count). The molecule has 3 aromatic rings. The maximum Gasteiger partial charge on any atom is 0.257 e. The number of nitrogens with zero attached hydrogens (tertiary/aromatic N) is 3. The van der Waals surface area contributed by atoms with Gasteiger partial charge < -0.3 is 9.64 Å². The highest BCUT2D eigenvalue weighted by molar-refractivity contribution is 6.00. The van der Waals surface area contributed by atoms with Gasteiger partial charge in [-0.15, -0.1) is 0 Å². The number of aromatic nitrogens is 2. The van der Waals surface area contributed by atoms with Gasteiger partial charge in [0.1, 0.15) is 11.4 Å². The normalized spacial score (nSPS) is 10.6. The summed E-state index contributed by atoms with van der Waals surface area (Å²) in [5, 5.41) is 4.73. The summed E-state index contributed by atoms with van der Waals surface area (Å²) in [5.41, 5.74) is 2.91. The lowest BCUT2D eigenvalue weighted by Crippen LogP contribution is -2.27. The van der Waals surface area contributed by atoms with Crippen molar-refractivity contribution in [2.24, 2.45) is 0 Å². The molecule has 0 aliphatic heterocycles. The van der Waals surface area contributed by atoms with Crippen molar-refractivity contribution in [1.82, 2.24) is 14.7 Å².